The summed E-state index contributed by atoms with van der Waals surface area (Å²) < 4.78 is 23.6. The third kappa shape index (κ3) is 4.03. The van der Waals surface area contributed by atoms with Crippen LogP contribution < -0.4 is 5.32 Å². The van der Waals surface area contributed by atoms with Gasteiger partial charge >= 0.3 is 0 Å². The molecule has 0 fully saturated rings. The quantitative estimate of drug-likeness (QED) is 0.751. The second-order valence-electron chi connectivity index (χ2n) is 2.97. The van der Waals surface area contributed by atoms with Crippen molar-refractivity contribution in [2.24, 2.45) is 0 Å². The molecule has 0 radical (unpaired) electrons. The van der Waals surface area contributed by atoms with Crippen molar-refractivity contribution in [3.63, 3.8) is 0 Å². The van der Waals surface area contributed by atoms with Gasteiger partial charge in [-0.2, -0.15) is 0 Å². The van der Waals surface area contributed by atoms with Crippen LogP contribution in [0.4, 0.5) is 8.78 Å². The molecule has 4 heteroatoms. The molecule has 0 bridgehead atoms. The molecule has 1 aromatic carbocycles. The highest BCUT2D eigenvalue weighted by Crippen LogP contribution is 2.06. The molecule has 0 aromatic heterocycles. The summed E-state index contributed by atoms with van der Waals surface area (Å²) in [6.07, 6.45) is -2.29. The molecule has 78 valence electrons. The van der Waals surface area contributed by atoms with Gasteiger partial charge < -0.3 is 5.32 Å². The minimum absolute atomic E-state index is 0.267. The maximum absolute atomic E-state index is 11.8. The first kappa shape index (κ1) is 11.4. The van der Waals surface area contributed by atoms with Crippen LogP contribution in [0.25, 0.3) is 0 Å². The Labute approximate surface area is 87.1 Å². The molecule has 0 spiro atoms. The van der Waals surface area contributed by atoms with Gasteiger partial charge in [0, 0.05) is 12.4 Å². The number of alkyl halides is 3. The fourth-order valence-electron chi connectivity index (χ4n) is 1.07. The minimum Gasteiger partial charge on any atom is -0.307 e. The van der Waals surface area contributed by atoms with E-state index in [9.17, 15) is 8.78 Å². The summed E-state index contributed by atoms with van der Waals surface area (Å²) in [5.41, 5.74) is 2.02. The highest BCUT2D eigenvalue weighted by Gasteiger charge is 2.00. The van der Waals surface area contributed by atoms with Crippen LogP contribution in [0.5, 0.6) is 0 Å². The highest BCUT2D eigenvalue weighted by molar-refractivity contribution is 6.17. The van der Waals surface area contributed by atoms with Crippen molar-refractivity contribution < 1.29 is 8.78 Å². The predicted octanol–water partition coefficient (Wildman–Crippen LogP) is 2.78. The minimum atomic E-state index is -2.29. The predicted molar refractivity (Wildman–Crippen MR) is 53.7 cm³/mol. The molecular formula is C10H12ClF2N. The van der Waals surface area contributed by atoms with Crippen molar-refractivity contribution in [2.75, 3.05) is 6.54 Å². The van der Waals surface area contributed by atoms with Crippen molar-refractivity contribution >= 4 is 11.6 Å². The Morgan fingerprint density at radius 2 is 1.71 bits per heavy atom. The van der Waals surface area contributed by atoms with Gasteiger partial charge in [0.15, 0.2) is 0 Å². The van der Waals surface area contributed by atoms with E-state index in [-0.39, 0.29) is 6.54 Å². The smallest absolute Gasteiger partial charge is 0.250 e. The van der Waals surface area contributed by atoms with E-state index in [1.165, 1.54) is 0 Å². The lowest BCUT2D eigenvalue weighted by atomic mass is 10.1. The fourth-order valence-corrected chi connectivity index (χ4v) is 1.25. The third-order valence-electron chi connectivity index (χ3n) is 1.81. The van der Waals surface area contributed by atoms with Gasteiger partial charge in [-0.1, -0.05) is 24.3 Å². The zero-order chi connectivity index (χ0) is 10.4. The molecule has 0 heterocycles. The molecule has 0 unspecified atom stereocenters. The second kappa shape index (κ2) is 5.94. The van der Waals surface area contributed by atoms with Crippen molar-refractivity contribution in [3.8, 4) is 0 Å². The molecule has 1 nitrogen and oxygen atoms in total. The van der Waals surface area contributed by atoms with Crippen LogP contribution in [0.2, 0.25) is 0 Å². The van der Waals surface area contributed by atoms with Crippen LogP contribution in [0.15, 0.2) is 24.3 Å². The van der Waals surface area contributed by atoms with E-state index in [1.54, 1.807) is 0 Å². The number of hydrogen-bond acceptors (Lipinski definition) is 1. The Hall–Kier alpha value is -0.670. The topological polar surface area (TPSA) is 12.0 Å². The molecule has 0 amide bonds. The van der Waals surface area contributed by atoms with Gasteiger partial charge in [-0.3, -0.25) is 0 Å². The zero-order valence-electron chi connectivity index (χ0n) is 7.64. The molecule has 1 N–H and O–H groups in total. The van der Waals surface area contributed by atoms with Gasteiger partial charge in [-0.25, -0.2) is 8.78 Å². The standard InChI is InChI=1S/C10H12ClF2N/c11-5-8-1-3-9(4-2-8)6-14-7-10(12)13/h1-4,10,14H,5-7H2. The lowest BCUT2D eigenvalue weighted by Crippen LogP contribution is -2.20. The van der Waals surface area contributed by atoms with E-state index in [4.69, 9.17) is 11.6 Å². The summed E-state index contributed by atoms with van der Waals surface area (Å²) in [6, 6.07) is 7.56. The first-order valence-corrected chi connectivity index (χ1v) is 4.88. The van der Waals surface area contributed by atoms with Crippen LogP contribution in [0.1, 0.15) is 11.1 Å². The largest absolute Gasteiger partial charge is 0.307 e. The summed E-state index contributed by atoms with van der Waals surface area (Å²) in [7, 11) is 0. The summed E-state index contributed by atoms with van der Waals surface area (Å²) in [4.78, 5) is 0. The van der Waals surface area contributed by atoms with Gasteiger partial charge in [0.2, 0.25) is 0 Å². The summed E-state index contributed by atoms with van der Waals surface area (Å²) in [5, 5.41) is 2.66. The molecule has 0 aliphatic rings. The van der Waals surface area contributed by atoms with Gasteiger partial charge in [-0.15, -0.1) is 11.6 Å². The molecule has 0 atom stereocenters. The Balaban J connectivity index is 2.36. The molecule has 0 aliphatic heterocycles. The van der Waals surface area contributed by atoms with Crippen LogP contribution in [0.3, 0.4) is 0 Å². The Kier molecular flexibility index (Phi) is 4.84. The second-order valence-corrected chi connectivity index (χ2v) is 3.24. The van der Waals surface area contributed by atoms with Gasteiger partial charge in [-0.05, 0) is 11.1 Å². The third-order valence-corrected chi connectivity index (χ3v) is 2.11. The summed E-state index contributed by atoms with van der Waals surface area (Å²) in [5.74, 6) is 0.477. The molecule has 0 aliphatic carbocycles. The fraction of sp³-hybridized carbons (Fsp3) is 0.400. The average molecular weight is 220 g/mol. The maximum atomic E-state index is 11.8. The molecule has 14 heavy (non-hydrogen) atoms. The maximum Gasteiger partial charge on any atom is 0.250 e. The Bertz CT molecular complexity index is 261. The number of halogens is 3. The Morgan fingerprint density at radius 3 is 2.21 bits per heavy atom. The van der Waals surface area contributed by atoms with Crippen molar-refractivity contribution in [2.45, 2.75) is 18.9 Å². The van der Waals surface area contributed by atoms with Gasteiger partial charge in [0.1, 0.15) is 0 Å². The Morgan fingerprint density at radius 1 is 1.14 bits per heavy atom. The molecule has 0 saturated heterocycles. The van der Waals surface area contributed by atoms with E-state index in [0.29, 0.717) is 12.4 Å². The van der Waals surface area contributed by atoms with E-state index in [0.717, 1.165) is 11.1 Å². The zero-order valence-corrected chi connectivity index (χ0v) is 8.40. The van der Waals surface area contributed by atoms with Gasteiger partial charge in [0.25, 0.3) is 6.43 Å². The lowest BCUT2D eigenvalue weighted by molar-refractivity contribution is 0.145. The molecule has 1 aromatic rings. The monoisotopic (exact) mass is 219 g/mol. The molecule has 1 rings (SSSR count). The number of rotatable bonds is 5. The highest BCUT2D eigenvalue weighted by atomic mass is 35.5. The summed E-state index contributed by atoms with van der Waals surface area (Å²) >= 11 is 5.61. The first-order valence-electron chi connectivity index (χ1n) is 4.35. The summed E-state index contributed by atoms with van der Waals surface area (Å²) in [6.45, 7) is 0.199. The van der Waals surface area contributed by atoms with Gasteiger partial charge in [0.05, 0.1) is 6.54 Å². The van der Waals surface area contributed by atoms with E-state index >= 15 is 0 Å². The van der Waals surface area contributed by atoms with Crippen molar-refractivity contribution in [1.82, 2.24) is 5.32 Å². The van der Waals surface area contributed by atoms with Crippen LogP contribution in [-0.4, -0.2) is 13.0 Å². The van der Waals surface area contributed by atoms with E-state index in [1.807, 2.05) is 24.3 Å². The lowest BCUT2D eigenvalue weighted by Gasteiger charge is -2.04. The average Bonchev–Trinajstić information content (AvgIpc) is 2.18. The number of nitrogens with one attached hydrogen (secondary N) is 1. The number of benzene rings is 1. The van der Waals surface area contributed by atoms with Crippen LogP contribution >= 0.6 is 11.6 Å². The normalized spacial score (nSPS) is 10.9. The van der Waals surface area contributed by atoms with Crippen molar-refractivity contribution in [3.05, 3.63) is 35.4 Å². The SMILES string of the molecule is FC(F)CNCc1ccc(CCl)cc1. The van der Waals surface area contributed by atoms with Crippen LogP contribution in [0, 0.1) is 0 Å². The molecular weight excluding hydrogens is 208 g/mol. The first-order chi connectivity index (χ1) is 6.72. The van der Waals surface area contributed by atoms with Crippen molar-refractivity contribution in [1.29, 1.82) is 0 Å². The van der Waals surface area contributed by atoms with E-state index in [2.05, 4.69) is 5.32 Å². The number of hydrogen-bond donors (Lipinski definition) is 1. The molecule has 0 saturated carbocycles. The van der Waals surface area contributed by atoms with E-state index < -0.39 is 6.43 Å². The van der Waals surface area contributed by atoms with Crippen LogP contribution in [-0.2, 0) is 12.4 Å².